The summed E-state index contributed by atoms with van der Waals surface area (Å²) in [4.78, 5) is 9.15. The summed E-state index contributed by atoms with van der Waals surface area (Å²) >= 11 is 0. The molecule has 31 heavy (non-hydrogen) atoms. The molecule has 0 atom stereocenters. The summed E-state index contributed by atoms with van der Waals surface area (Å²) in [6.07, 6.45) is 4.46. The number of imidazole rings is 1. The molecule has 0 bridgehead atoms. The fourth-order valence-corrected chi connectivity index (χ4v) is 3.74. The zero-order chi connectivity index (χ0) is 21.8. The van der Waals surface area contributed by atoms with Crippen molar-refractivity contribution in [2.75, 3.05) is 7.11 Å². The first-order valence-corrected chi connectivity index (χ1v) is 10.1. The van der Waals surface area contributed by atoms with E-state index in [0.29, 0.717) is 23.8 Å². The number of hydrogen-bond acceptors (Lipinski definition) is 7. The molecule has 5 rings (SSSR count). The average molecular weight is 420 g/mol. The van der Waals surface area contributed by atoms with E-state index < -0.39 is 0 Å². The highest BCUT2D eigenvalue weighted by Crippen LogP contribution is 2.38. The van der Waals surface area contributed by atoms with Crippen molar-refractivity contribution in [1.82, 2.24) is 29.5 Å². The molecule has 0 radical (unpaired) electrons. The number of nitrogens with zero attached hydrogens (tertiary/aromatic N) is 6. The Bertz CT molecular complexity index is 1260. The minimum absolute atomic E-state index is 0.252. The van der Waals surface area contributed by atoms with Gasteiger partial charge in [-0.15, -0.1) is 0 Å². The minimum Gasteiger partial charge on any atom is -0.497 e. The summed E-state index contributed by atoms with van der Waals surface area (Å²) in [7, 11) is 3.59. The maximum atomic E-state index is 5.75. The van der Waals surface area contributed by atoms with Crippen LogP contribution in [0.5, 0.6) is 5.75 Å². The van der Waals surface area contributed by atoms with E-state index in [-0.39, 0.29) is 12.2 Å². The highest BCUT2D eigenvalue weighted by Gasteiger charge is 2.27. The van der Waals surface area contributed by atoms with Gasteiger partial charge in [-0.05, 0) is 39.0 Å². The van der Waals surface area contributed by atoms with Crippen LogP contribution in [0.2, 0.25) is 0 Å². The lowest BCUT2D eigenvalue weighted by atomic mass is 10.0. The van der Waals surface area contributed by atoms with Crippen molar-refractivity contribution < 1.29 is 14.0 Å². The summed E-state index contributed by atoms with van der Waals surface area (Å²) in [5.41, 5.74) is 5.36. The second-order valence-corrected chi connectivity index (χ2v) is 8.56. The van der Waals surface area contributed by atoms with Crippen LogP contribution in [-0.2, 0) is 24.8 Å². The van der Waals surface area contributed by atoms with Crippen LogP contribution in [0.1, 0.15) is 37.9 Å². The molecule has 4 aromatic rings. The molecule has 9 heteroatoms. The molecular weight excluding hydrogens is 396 g/mol. The molecular formula is C22H24N6O3. The third-order valence-corrected chi connectivity index (χ3v) is 5.16. The Kier molecular flexibility index (Phi) is 4.44. The Balaban J connectivity index is 1.60. The van der Waals surface area contributed by atoms with Crippen LogP contribution in [0.25, 0.3) is 28.5 Å². The third-order valence-electron chi connectivity index (χ3n) is 5.16. The number of fused-ring (bicyclic) bond motifs is 5. The zero-order valence-corrected chi connectivity index (χ0v) is 18.2. The van der Waals surface area contributed by atoms with Gasteiger partial charge in [0.2, 0.25) is 5.82 Å². The van der Waals surface area contributed by atoms with E-state index >= 15 is 0 Å². The standard InChI is InChI=1S/C22H24N6O3/c1-22(2,3)30-11-18-24-21(26-31-18)20-17-8-13-10-27(4)25-19(13)15-9-14(29-5)6-7-16(15)28(17)12-23-20/h6-7,9-10,12H,8,11H2,1-5H3. The first kappa shape index (κ1) is 19.5. The lowest BCUT2D eigenvalue weighted by Crippen LogP contribution is -2.18. The molecule has 1 aliphatic heterocycles. The van der Waals surface area contributed by atoms with Gasteiger partial charge in [0, 0.05) is 30.8 Å². The Hall–Kier alpha value is -3.46. The fraction of sp³-hybridized carbons (Fsp3) is 0.364. The molecule has 3 aromatic heterocycles. The SMILES string of the molecule is COc1ccc2c(c1)-c1nn(C)cc1Cc1c(-c3noc(COC(C)(C)C)n3)ncn1-2. The Morgan fingerprint density at radius 1 is 1.19 bits per heavy atom. The predicted molar refractivity (Wildman–Crippen MR) is 113 cm³/mol. The number of aryl methyl sites for hydroxylation is 1. The van der Waals surface area contributed by atoms with Gasteiger partial charge in [0.15, 0.2) is 0 Å². The predicted octanol–water partition coefficient (Wildman–Crippen LogP) is 3.55. The fourth-order valence-electron chi connectivity index (χ4n) is 3.74. The largest absolute Gasteiger partial charge is 0.497 e. The van der Waals surface area contributed by atoms with Gasteiger partial charge in [-0.25, -0.2) is 4.98 Å². The average Bonchev–Trinajstić information content (AvgIpc) is 3.43. The molecule has 0 saturated heterocycles. The first-order valence-electron chi connectivity index (χ1n) is 10.1. The van der Waals surface area contributed by atoms with Crippen molar-refractivity contribution in [3.8, 4) is 34.2 Å². The van der Waals surface area contributed by atoms with Crippen LogP contribution in [0, 0.1) is 0 Å². The molecule has 0 fully saturated rings. The van der Waals surface area contributed by atoms with E-state index in [0.717, 1.165) is 34.0 Å². The van der Waals surface area contributed by atoms with E-state index in [1.54, 1.807) is 13.4 Å². The number of rotatable bonds is 4. The summed E-state index contributed by atoms with van der Waals surface area (Å²) in [5.74, 6) is 1.65. The lowest BCUT2D eigenvalue weighted by Gasteiger charge is -2.17. The van der Waals surface area contributed by atoms with Crippen molar-refractivity contribution in [3.63, 3.8) is 0 Å². The number of methoxy groups -OCH3 is 1. The molecule has 0 spiro atoms. The van der Waals surface area contributed by atoms with Gasteiger partial charge >= 0.3 is 0 Å². The lowest BCUT2D eigenvalue weighted by molar-refractivity contribution is -0.0260. The normalized spacial score (nSPS) is 12.8. The molecule has 0 saturated carbocycles. The van der Waals surface area contributed by atoms with E-state index in [2.05, 4.69) is 19.7 Å². The van der Waals surface area contributed by atoms with Gasteiger partial charge in [0.1, 0.15) is 24.4 Å². The summed E-state index contributed by atoms with van der Waals surface area (Å²) in [6.45, 7) is 6.20. The molecule has 1 aliphatic rings. The van der Waals surface area contributed by atoms with Gasteiger partial charge in [-0.2, -0.15) is 10.1 Å². The summed E-state index contributed by atoms with van der Waals surface area (Å²) in [5, 5.41) is 8.87. The van der Waals surface area contributed by atoms with E-state index in [4.69, 9.17) is 19.1 Å². The maximum absolute atomic E-state index is 5.75. The number of benzene rings is 1. The van der Waals surface area contributed by atoms with E-state index in [1.165, 1.54) is 0 Å². The smallest absolute Gasteiger partial charge is 0.253 e. The molecule has 0 unspecified atom stereocenters. The van der Waals surface area contributed by atoms with E-state index in [1.807, 2.05) is 56.9 Å². The molecule has 9 nitrogen and oxygen atoms in total. The van der Waals surface area contributed by atoms with Crippen molar-refractivity contribution in [3.05, 3.63) is 47.9 Å². The topological polar surface area (TPSA) is 93.0 Å². The van der Waals surface area contributed by atoms with Gasteiger partial charge in [0.25, 0.3) is 5.89 Å². The van der Waals surface area contributed by atoms with Crippen molar-refractivity contribution in [2.45, 2.75) is 39.4 Å². The Morgan fingerprint density at radius 2 is 2.03 bits per heavy atom. The minimum atomic E-state index is -0.290. The molecule has 1 aromatic carbocycles. The van der Waals surface area contributed by atoms with Gasteiger partial charge in [-0.1, -0.05) is 5.16 Å². The van der Waals surface area contributed by atoms with E-state index in [9.17, 15) is 0 Å². The molecule has 0 amide bonds. The number of ether oxygens (including phenoxy) is 2. The van der Waals surface area contributed by atoms with Gasteiger partial charge in [0.05, 0.1) is 29.8 Å². The second kappa shape index (κ2) is 7.05. The maximum Gasteiger partial charge on any atom is 0.253 e. The molecule has 4 heterocycles. The zero-order valence-electron chi connectivity index (χ0n) is 18.2. The van der Waals surface area contributed by atoms with Crippen LogP contribution in [0.3, 0.4) is 0 Å². The Labute approximate surface area is 179 Å². The van der Waals surface area contributed by atoms with Crippen molar-refractivity contribution >= 4 is 0 Å². The summed E-state index contributed by atoms with van der Waals surface area (Å²) in [6, 6.07) is 5.96. The highest BCUT2D eigenvalue weighted by molar-refractivity contribution is 5.77. The quantitative estimate of drug-likeness (QED) is 0.439. The van der Waals surface area contributed by atoms with Crippen molar-refractivity contribution in [1.29, 1.82) is 0 Å². The number of hydrogen-bond donors (Lipinski definition) is 0. The van der Waals surface area contributed by atoms with Crippen molar-refractivity contribution in [2.24, 2.45) is 7.05 Å². The third kappa shape index (κ3) is 3.50. The highest BCUT2D eigenvalue weighted by atomic mass is 16.5. The molecule has 0 aliphatic carbocycles. The summed E-state index contributed by atoms with van der Waals surface area (Å²) < 4.78 is 20.5. The van der Waals surface area contributed by atoms with Crippen LogP contribution in [0.15, 0.2) is 35.2 Å². The monoisotopic (exact) mass is 420 g/mol. The Morgan fingerprint density at radius 3 is 2.81 bits per heavy atom. The molecule has 160 valence electrons. The van der Waals surface area contributed by atoms with Crippen LogP contribution < -0.4 is 4.74 Å². The molecule has 0 N–H and O–H groups in total. The first-order chi connectivity index (χ1) is 14.8. The second-order valence-electron chi connectivity index (χ2n) is 8.56. The van der Waals surface area contributed by atoms with Crippen LogP contribution >= 0.6 is 0 Å². The van der Waals surface area contributed by atoms with Crippen LogP contribution in [0.4, 0.5) is 0 Å². The van der Waals surface area contributed by atoms with Gasteiger partial charge < -0.3 is 18.6 Å². The van der Waals surface area contributed by atoms with Gasteiger partial charge in [-0.3, -0.25) is 4.68 Å². The van der Waals surface area contributed by atoms with Crippen LogP contribution in [-0.4, -0.2) is 42.2 Å². The number of aromatic nitrogens is 6.